The second-order valence-electron chi connectivity index (χ2n) is 9.34. The molecule has 0 aliphatic carbocycles. The molecule has 1 aromatic carbocycles. The summed E-state index contributed by atoms with van der Waals surface area (Å²) in [6.07, 6.45) is 10.7. The van der Waals surface area contributed by atoms with Crippen LogP contribution in [0.4, 0.5) is 0 Å². The number of nitrogens with zero attached hydrogens (tertiary/aromatic N) is 7. The highest BCUT2D eigenvalue weighted by molar-refractivity contribution is 5.70. The minimum Gasteiger partial charge on any atom is -0.337 e. The van der Waals surface area contributed by atoms with Gasteiger partial charge in [-0.3, -0.25) is 14.1 Å². The smallest absolute Gasteiger partial charge is 0.334 e. The van der Waals surface area contributed by atoms with E-state index in [1.54, 1.807) is 6.20 Å². The zero-order chi connectivity index (χ0) is 25.8. The Hall–Kier alpha value is -4.27. The second-order valence-corrected chi connectivity index (χ2v) is 9.34. The van der Waals surface area contributed by atoms with Crippen LogP contribution in [0.15, 0.2) is 65.8 Å². The summed E-state index contributed by atoms with van der Waals surface area (Å²) in [5.74, 6) is 1.50. The summed E-state index contributed by atoms with van der Waals surface area (Å²) in [5, 5.41) is 14.3. The number of hydrogen-bond acceptors (Lipinski definition) is 5. The van der Waals surface area contributed by atoms with Crippen LogP contribution in [0.3, 0.4) is 0 Å². The molecule has 0 amide bonds. The molecule has 0 unspecified atom stereocenters. The number of benzene rings is 1. The van der Waals surface area contributed by atoms with E-state index in [2.05, 4.69) is 45.5 Å². The monoisotopic (exact) mass is 496 g/mol. The van der Waals surface area contributed by atoms with Crippen molar-refractivity contribution in [2.45, 2.75) is 52.5 Å². The topological polar surface area (TPSA) is 99.2 Å². The molecule has 0 saturated heterocycles. The van der Waals surface area contributed by atoms with Gasteiger partial charge >= 0.3 is 5.69 Å². The molecule has 1 N–H and O–H groups in total. The van der Waals surface area contributed by atoms with Gasteiger partial charge in [0.15, 0.2) is 0 Å². The first-order chi connectivity index (χ1) is 18.1. The molecule has 4 aromatic heterocycles. The molecule has 9 heteroatoms. The van der Waals surface area contributed by atoms with E-state index in [0.29, 0.717) is 12.4 Å². The Kier molecular flexibility index (Phi) is 7.11. The van der Waals surface area contributed by atoms with Gasteiger partial charge in [0.05, 0.1) is 12.2 Å². The predicted octanol–water partition coefficient (Wildman–Crippen LogP) is 4.56. The summed E-state index contributed by atoms with van der Waals surface area (Å²) in [6.45, 7) is 4.74. The molecule has 0 aliphatic heterocycles. The van der Waals surface area contributed by atoms with Gasteiger partial charge in [0.1, 0.15) is 5.82 Å². The molecule has 0 fully saturated rings. The summed E-state index contributed by atoms with van der Waals surface area (Å²) in [7, 11) is 2.00. The fraction of sp³-hybridized carbons (Fsp3) is 0.321. The van der Waals surface area contributed by atoms with Crippen molar-refractivity contribution in [2.24, 2.45) is 7.05 Å². The second kappa shape index (κ2) is 10.8. The molecule has 9 nitrogen and oxygen atoms in total. The lowest BCUT2D eigenvalue weighted by Gasteiger charge is -2.09. The Morgan fingerprint density at radius 2 is 1.81 bits per heavy atom. The van der Waals surface area contributed by atoms with Crippen LogP contribution in [0.2, 0.25) is 0 Å². The van der Waals surface area contributed by atoms with Crippen molar-refractivity contribution in [3.05, 3.63) is 88.5 Å². The van der Waals surface area contributed by atoms with Gasteiger partial charge in [-0.15, -0.1) is 10.2 Å². The number of aromatic nitrogens is 8. The average Bonchev–Trinajstić information content (AvgIpc) is 3.65. The zero-order valence-corrected chi connectivity index (χ0v) is 21.6. The van der Waals surface area contributed by atoms with Crippen LogP contribution in [-0.4, -0.2) is 39.3 Å². The molecule has 190 valence electrons. The summed E-state index contributed by atoms with van der Waals surface area (Å²) >= 11 is 0. The highest BCUT2D eigenvalue weighted by Crippen LogP contribution is 2.25. The number of hydrogen-bond donors (Lipinski definition) is 1. The number of unbranched alkanes of at least 4 members (excludes halogenated alkanes) is 1. The number of rotatable bonds is 10. The molecule has 0 spiro atoms. The summed E-state index contributed by atoms with van der Waals surface area (Å²) < 4.78 is 5.73. The first kappa shape index (κ1) is 24.4. The summed E-state index contributed by atoms with van der Waals surface area (Å²) in [5.41, 5.74) is 5.94. The third kappa shape index (κ3) is 5.02. The number of tetrazole rings is 1. The Morgan fingerprint density at radius 3 is 2.59 bits per heavy atom. The standard InChI is InChI=1S/C28H32N8O/c1-4-6-11-25-19-36(27-20(8-5-2)13-15-34(27)3)28(37)35(25)18-24-17-22(12-14-29-24)21-9-7-10-23(16-21)26-30-32-33-31-26/h7,9-10,12-17,19H,4-6,8,11,18H2,1-3H3,(H,30,31,32,33). The molecule has 5 aromatic rings. The Labute approximate surface area is 215 Å². The quantitative estimate of drug-likeness (QED) is 0.306. The van der Waals surface area contributed by atoms with E-state index >= 15 is 0 Å². The van der Waals surface area contributed by atoms with E-state index in [1.165, 1.54) is 5.56 Å². The molecule has 37 heavy (non-hydrogen) atoms. The van der Waals surface area contributed by atoms with Crippen LogP contribution in [0.5, 0.6) is 0 Å². The number of aromatic amines is 1. The van der Waals surface area contributed by atoms with Gasteiger partial charge < -0.3 is 4.57 Å². The maximum atomic E-state index is 13.8. The van der Waals surface area contributed by atoms with Crippen molar-refractivity contribution < 1.29 is 0 Å². The highest BCUT2D eigenvalue weighted by Gasteiger charge is 2.18. The minimum atomic E-state index is -0.0310. The third-order valence-corrected chi connectivity index (χ3v) is 6.65. The molecular formula is C28H32N8O. The van der Waals surface area contributed by atoms with E-state index in [1.807, 2.05) is 69.5 Å². The van der Waals surface area contributed by atoms with Gasteiger partial charge in [-0.1, -0.05) is 44.9 Å². The van der Waals surface area contributed by atoms with Gasteiger partial charge in [0.2, 0.25) is 5.82 Å². The number of imidazole rings is 1. The molecule has 4 heterocycles. The lowest BCUT2D eigenvalue weighted by Crippen LogP contribution is -2.26. The van der Waals surface area contributed by atoms with Crippen LogP contribution < -0.4 is 5.69 Å². The molecular weight excluding hydrogens is 464 g/mol. The fourth-order valence-corrected chi connectivity index (χ4v) is 4.80. The van der Waals surface area contributed by atoms with Gasteiger partial charge in [0, 0.05) is 36.9 Å². The van der Waals surface area contributed by atoms with Gasteiger partial charge in [-0.2, -0.15) is 5.21 Å². The summed E-state index contributed by atoms with van der Waals surface area (Å²) in [6, 6.07) is 14.1. The molecule has 0 aliphatic rings. The van der Waals surface area contributed by atoms with Crippen molar-refractivity contribution in [3.63, 3.8) is 0 Å². The molecule has 0 saturated carbocycles. The van der Waals surface area contributed by atoms with Gasteiger partial charge in [-0.25, -0.2) is 4.79 Å². The van der Waals surface area contributed by atoms with Gasteiger partial charge in [0.25, 0.3) is 0 Å². The number of pyridine rings is 1. The highest BCUT2D eigenvalue weighted by atomic mass is 16.1. The normalized spacial score (nSPS) is 11.3. The molecule has 0 atom stereocenters. The minimum absolute atomic E-state index is 0.0310. The van der Waals surface area contributed by atoms with Crippen LogP contribution in [0.25, 0.3) is 28.3 Å². The van der Waals surface area contributed by atoms with Crippen molar-refractivity contribution in [1.82, 2.24) is 39.3 Å². The van der Waals surface area contributed by atoms with E-state index in [0.717, 1.165) is 66.0 Å². The Balaban J connectivity index is 1.51. The Morgan fingerprint density at radius 1 is 0.973 bits per heavy atom. The van der Waals surface area contributed by atoms with Crippen molar-refractivity contribution >= 4 is 0 Å². The van der Waals surface area contributed by atoms with Crippen LogP contribution >= 0.6 is 0 Å². The summed E-state index contributed by atoms with van der Waals surface area (Å²) in [4.78, 5) is 18.4. The fourth-order valence-electron chi connectivity index (χ4n) is 4.80. The lowest BCUT2D eigenvalue weighted by atomic mass is 10.0. The Bertz CT molecular complexity index is 1540. The van der Waals surface area contributed by atoms with Crippen LogP contribution in [-0.2, 0) is 26.4 Å². The van der Waals surface area contributed by atoms with Gasteiger partial charge in [-0.05, 0) is 65.4 Å². The largest absolute Gasteiger partial charge is 0.337 e. The van der Waals surface area contributed by atoms with Crippen LogP contribution in [0.1, 0.15) is 50.1 Å². The average molecular weight is 497 g/mol. The number of aryl methyl sites for hydroxylation is 3. The van der Waals surface area contributed by atoms with Crippen molar-refractivity contribution in [3.8, 4) is 28.3 Å². The predicted molar refractivity (Wildman–Crippen MR) is 144 cm³/mol. The van der Waals surface area contributed by atoms with Crippen LogP contribution in [0, 0.1) is 0 Å². The van der Waals surface area contributed by atoms with Crippen molar-refractivity contribution in [1.29, 1.82) is 0 Å². The van der Waals surface area contributed by atoms with E-state index < -0.39 is 0 Å². The lowest BCUT2D eigenvalue weighted by molar-refractivity contribution is 0.660. The molecule has 0 radical (unpaired) electrons. The van der Waals surface area contributed by atoms with Crippen molar-refractivity contribution in [2.75, 3.05) is 0 Å². The van der Waals surface area contributed by atoms with E-state index in [9.17, 15) is 4.79 Å². The molecule has 5 rings (SSSR count). The molecule has 0 bridgehead atoms. The maximum Gasteiger partial charge on any atom is 0.334 e. The first-order valence-corrected chi connectivity index (χ1v) is 12.8. The first-order valence-electron chi connectivity index (χ1n) is 12.8. The number of H-pyrrole nitrogens is 1. The van der Waals surface area contributed by atoms with E-state index in [4.69, 9.17) is 0 Å². The van der Waals surface area contributed by atoms with E-state index in [-0.39, 0.29) is 5.69 Å². The SMILES string of the molecule is CCCCc1cn(-c2c(CCC)ccn2C)c(=O)n1Cc1cc(-c2cccc(-c3nn[nH]n3)c2)ccn1. The zero-order valence-electron chi connectivity index (χ0n) is 21.6. The third-order valence-electron chi connectivity index (χ3n) is 6.65. The number of nitrogens with one attached hydrogen (secondary N) is 1. The maximum absolute atomic E-state index is 13.8.